The molecule has 1 fully saturated rings. The van der Waals surface area contributed by atoms with Gasteiger partial charge in [-0.15, -0.1) is 0 Å². The quantitative estimate of drug-likeness (QED) is 0.194. The third-order valence-corrected chi connectivity index (χ3v) is 14.4. The van der Waals surface area contributed by atoms with Gasteiger partial charge in [-0.3, -0.25) is 0 Å². The minimum atomic E-state index is -3.68. The van der Waals surface area contributed by atoms with Gasteiger partial charge in [-0.05, 0) is 0 Å². The Morgan fingerprint density at radius 2 is 0.765 bits per heavy atom. The van der Waals surface area contributed by atoms with E-state index in [9.17, 15) is 0 Å². The molecule has 1 saturated heterocycles. The van der Waals surface area contributed by atoms with Gasteiger partial charge in [-0.2, -0.15) is 0 Å². The van der Waals surface area contributed by atoms with Crippen molar-refractivity contribution < 1.29 is 28.4 Å². The zero-order valence-electron chi connectivity index (χ0n) is 22.4. The molecule has 206 valence electrons. The average Bonchev–Trinajstić information content (AvgIpc) is 3.40. The van der Waals surface area contributed by atoms with Crippen LogP contribution in [-0.4, -0.2) is 153 Å². The molecule has 0 saturated carbocycles. The molecule has 34 heavy (non-hydrogen) atoms. The summed E-state index contributed by atoms with van der Waals surface area (Å²) in [4.78, 5) is 0. The van der Waals surface area contributed by atoms with Gasteiger partial charge in [0.25, 0.3) is 0 Å². The molecule has 0 radical (unpaired) electrons. The normalized spacial score (nSPS) is 16.7. The van der Waals surface area contributed by atoms with Gasteiger partial charge in [-0.25, -0.2) is 0 Å². The zero-order valence-corrected chi connectivity index (χ0v) is 24.0. The van der Waals surface area contributed by atoms with Crippen LogP contribution in [0.2, 0.25) is 0 Å². The van der Waals surface area contributed by atoms with Crippen molar-refractivity contribution in [2.75, 3.05) is 135 Å². The molecule has 0 amide bonds. The number of rotatable bonds is 22. The van der Waals surface area contributed by atoms with Gasteiger partial charge < -0.3 is 0 Å². The van der Waals surface area contributed by atoms with Crippen molar-refractivity contribution in [2.45, 2.75) is 12.8 Å². The Hall–Kier alpha value is 0.320. The molecule has 0 aliphatic carbocycles. The molecule has 12 heteroatoms. The molecule has 0 N–H and O–H groups in total. The Kier molecular flexibility index (Phi) is 16.9. The molecule has 0 unspecified atom stereocenters. The predicted octanol–water partition coefficient (Wildman–Crippen LogP) is 2.23. The number of hydrogen-bond acceptors (Lipinski definition) is 10. The molecule has 1 heterocycles. The Bertz CT molecular complexity index is 445. The molecule has 0 bridgehead atoms. The van der Waals surface area contributed by atoms with E-state index >= 15 is 0 Å². The van der Waals surface area contributed by atoms with Gasteiger partial charge in [0.2, 0.25) is 0 Å². The van der Waals surface area contributed by atoms with Crippen molar-refractivity contribution >= 4 is 17.8 Å². The fourth-order valence-corrected chi connectivity index (χ4v) is 12.1. The molecule has 1 rings (SSSR count). The van der Waals surface area contributed by atoms with Crippen LogP contribution < -0.4 is 0 Å². The Morgan fingerprint density at radius 1 is 0.529 bits per heavy atom. The van der Waals surface area contributed by atoms with Crippen LogP contribution in [0, 0.1) is 0 Å². The molecule has 0 spiro atoms. The molecule has 1 aliphatic rings. The average molecular weight is 533 g/mol. The number of halogens is 1. The number of hydrogen-bond donors (Lipinski definition) is 0. The Labute approximate surface area is 212 Å². The monoisotopic (exact) mass is 532 g/mol. The van der Waals surface area contributed by atoms with E-state index in [2.05, 4.69) is 18.7 Å². The van der Waals surface area contributed by atoms with Crippen LogP contribution in [0.4, 0.5) is 0 Å². The van der Waals surface area contributed by atoms with Crippen molar-refractivity contribution in [1.29, 1.82) is 0 Å². The second-order valence-corrected chi connectivity index (χ2v) is 14.1. The van der Waals surface area contributed by atoms with Crippen LogP contribution in [-0.2, 0) is 28.4 Å². The molecule has 0 atom stereocenters. The molecule has 0 aromatic rings. The maximum absolute atomic E-state index is 8.42. The van der Waals surface area contributed by atoms with Crippen LogP contribution >= 0.6 is 17.8 Å². The summed E-state index contributed by atoms with van der Waals surface area (Å²) in [5, 5.41) is 0. The second kappa shape index (κ2) is 17.7. The van der Waals surface area contributed by atoms with Crippen LogP contribution in [0.25, 0.3) is 0 Å². The molecule has 1 aliphatic heterocycles. The van der Waals surface area contributed by atoms with E-state index in [0.29, 0.717) is 78.9 Å². The summed E-state index contributed by atoms with van der Waals surface area (Å²) in [6, 6.07) is 0. The maximum atomic E-state index is 8.42. The van der Waals surface area contributed by atoms with Gasteiger partial charge >= 0.3 is 212 Å². The van der Waals surface area contributed by atoms with E-state index in [1.54, 1.807) is 42.7 Å². The fraction of sp³-hybridized carbons (Fsp3) is 1.00. The van der Waals surface area contributed by atoms with Crippen molar-refractivity contribution in [1.82, 2.24) is 18.7 Å². The summed E-state index contributed by atoms with van der Waals surface area (Å²) < 4.78 is 43.2. The van der Waals surface area contributed by atoms with E-state index in [1.165, 1.54) is 0 Å². The van der Waals surface area contributed by atoms with E-state index in [-0.39, 0.29) is 0 Å². The van der Waals surface area contributed by atoms with E-state index in [0.717, 1.165) is 25.9 Å². The van der Waals surface area contributed by atoms with Gasteiger partial charge in [-0.1, -0.05) is 0 Å². The SMILES string of the molecule is COCCN(CCOC)P(Cl)(N1CCCC1)(N(CCOC)CCOC)N(CCOC)CCOC. The van der Waals surface area contributed by atoms with Crippen molar-refractivity contribution in [3.05, 3.63) is 0 Å². The van der Waals surface area contributed by atoms with Gasteiger partial charge in [0.15, 0.2) is 0 Å². The predicted molar refractivity (Wildman–Crippen MR) is 140 cm³/mol. The van der Waals surface area contributed by atoms with Crippen molar-refractivity contribution in [3.8, 4) is 0 Å². The summed E-state index contributed by atoms with van der Waals surface area (Å²) in [7, 11) is 10.4. The van der Waals surface area contributed by atoms with Crippen LogP contribution in [0.5, 0.6) is 0 Å². The fourth-order valence-electron chi connectivity index (χ4n) is 4.66. The number of ether oxygens (including phenoxy) is 6. The first-order valence-corrected chi connectivity index (χ1v) is 15.1. The third-order valence-electron chi connectivity index (χ3n) is 6.35. The summed E-state index contributed by atoms with van der Waals surface area (Å²) in [6.07, 6.45) is 2.22. The van der Waals surface area contributed by atoms with Crippen molar-refractivity contribution in [3.63, 3.8) is 0 Å². The van der Waals surface area contributed by atoms with E-state index in [1.807, 2.05) is 0 Å². The summed E-state index contributed by atoms with van der Waals surface area (Å²) in [6.45, 7) is 5.57. The van der Waals surface area contributed by atoms with Gasteiger partial charge in [0.05, 0.1) is 0 Å². The molecular weight excluding hydrogens is 483 g/mol. The number of methoxy groups -OCH3 is 6. The summed E-state index contributed by atoms with van der Waals surface area (Å²) in [5.74, 6) is 0. The summed E-state index contributed by atoms with van der Waals surface area (Å²) >= 11 is 8.42. The van der Waals surface area contributed by atoms with Crippen molar-refractivity contribution in [2.24, 2.45) is 0 Å². The Morgan fingerprint density at radius 3 is 0.971 bits per heavy atom. The first kappa shape index (κ1) is 32.3. The van der Waals surface area contributed by atoms with Gasteiger partial charge in [0.1, 0.15) is 0 Å². The molecule has 0 aromatic carbocycles. The molecular formula is C22H50ClN4O6P. The topological polar surface area (TPSA) is 68.3 Å². The molecule has 10 nitrogen and oxygen atoms in total. The van der Waals surface area contributed by atoms with Crippen LogP contribution in [0.15, 0.2) is 0 Å². The Balaban J connectivity index is 3.82. The van der Waals surface area contributed by atoms with Crippen LogP contribution in [0.1, 0.15) is 12.8 Å². The second-order valence-electron chi connectivity index (χ2n) is 8.32. The van der Waals surface area contributed by atoms with E-state index < -0.39 is 6.56 Å². The van der Waals surface area contributed by atoms with Crippen LogP contribution in [0.3, 0.4) is 0 Å². The van der Waals surface area contributed by atoms with E-state index in [4.69, 9.17) is 39.7 Å². The summed E-state index contributed by atoms with van der Waals surface area (Å²) in [5.41, 5.74) is 0. The third kappa shape index (κ3) is 7.91. The number of nitrogens with zero attached hydrogens (tertiary/aromatic N) is 4. The first-order valence-electron chi connectivity index (χ1n) is 12.2. The molecule has 0 aromatic heterocycles. The zero-order chi connectivity index (χ0) is 25.3. The minimum absolute atomic E-state index is 0.562. The standard InChI is InChI=1S/C22H50ClN4O6P/c1-28-17-11-25(12-18-29-2)34(23,24-9-7-8-10-24,26(13-19-30-3)14-20-31-4)27(15-21-32-5)16-22-33-6/h7-22H2,1-6H3. The van der Waals surface area contributed by atoms with Gasteiger partial charge in [0, 0.05) is 0 Å². The first-order chi connectivity index (χ1) is 16.5.